The molecule has 0 heterocycles. The third-order valence-corrected chi connectivity index (χ3v) is 6.30. The van der Waals surface area contributed by atoms with E-state index < -0.39 is 11.8 Å². The third-order valence-electron chi connectivity index (χ3n) is 6.30. The van der Waals surface area contributed by atoms with Crippen molar-refractivity contribution in [3.8, 4) is 0 Å². The Labute approximate surface area is 193 Å². The van der Waals surface area contributed by atoms with E-state index in [1.165, 1.54) is 0 Å². The van der Waals surface area contributed by atoms with E-state index in [0.29, 0.717) is 0 Å². The van der Waals surface area contributed by atoms with Crippen molar-refractivity contribution in [3.05, 3.63) is 59.7 Å². The number of carbonyl (C=O) groups excluding carboxylic acids is 2. The van der Waals surface area contributed by atoms with Crippen LogP contribution < -0.4 is 9.80 Å². The molecule has 2 aromatic carbocycles. The quantitative estimate of drug-likeness (QED) is 0.387. The fraction of sp³-hybridized carbons (Fsp3) is 0.500. The van der Waals surface area contributed by atoms with Crippen molar-refractivity contribution in [3.63, 3.8) is 0 Å². The van der Waals surface area contributed by atoms with E-state index in [1.807, 2.05) is 24.3 Å². The normalized spacial score (nSPS) is 17.9. The van der Waals surface area contributed by atoms with Crippen molar-refractivity contribution in [2.45, 2.75) is 65.2 Å². The van der Waals surface area contributed by atoms with Crippen molar-refractivity contribution in [2.24, 2.45) is 0 Å². The number of ketones is 2. The molecule has 0 spiro atoms. The maximum atomic E-state index is 13.0. The first-order valence-corrected chi connectivity index (χ1v) is 12.3. The summed E-state index contributed by atoms with van der Waals surface area (Å²) in [6, 6.07) is 16.1. The van der Waals surface area contributed by atoms with Crippen LogP contribution in [0.15, 0.2) is 48.5 Å². The lowest BCUT2D eigenvalue weighted by Crippen LogP contribution is -2.44. The van der Waals surface area contributed by atoms with Gasteiger partial charge in [0.25, 0.3) is 0 Å². The first-order chi connectivity index (χ1) is 15.5. The van der Waals surface area contributed by atoms with Crippen LogP contribution in [0.25, 0.3) is 0 Å². The Bertz CT molecular complexity index is 789. The third kappa shape index (κ3) is 5.06. The molecule has 1 aliphatic carbocycles. The molecule has 1 saturated carbocycles. The van der Waals surface area contributed by atoms with Gasteiger partial charge < -0.3 is 9.80 Å². The van der Waals surface area contributed by atoms with Crippen molar-refractivity contribution in [1.82, 2.24) is 0 Å². The lowest BCUT2D eigenvalue weighted by Gasteiger charge is -2.33. The number of Topliss-reactive ketones (excluding diaryl/α,β-unsaturated/α-hetero) is 2. The van der Waals surface area contributed by atoms with Crippen molar-refractivity contribution in [1.29, 1.82) is 0 Å². The second-order valence-corrected chi connectivity index (χ2v) is 8.83. The number of hydrogen-bond acceptors (Lipinski definition) is 4. The van der Waals surface area contributed by atoms with Gasteiger partial charge in [-0.1, -0.05) is 52.0 Å². The number of anilines is 2. The summed E-state index contributed by atoms with van der Waals surface area (Å²) in [6.45, 7) is 12.8. The smallest absolute Gasteiger partial charge is 0.162 e. The first kappa shape index (κ1) is 24.0. The van der Waals surface area contributed by atoms with Crippen molar-refractivity contribution in [2.75, 3.05) is 36.0 Å². The van der Waals surface area contributed by atoms with Gasteiger partial charge in [0.05, 0.1) is 0 Å². The Kier molecular flexibility index (Phi) is 8.49. The molecule has 2 aromatic rings. The summed E-state index contributed by atoms with van der Waals surface area (Å²) in [6.07, 6.45) is 4.37. The van der Waals surface area contributed by atoms with Crippen molar-refractivity contribution < 1.29 is 9.59 Å². The molecule has 4 nitrogen and oxygen atoms in total. The monoisotopic (exact) mass is 434 g/mol. The van der Waals surface area contributed by atoms with Gasteiger partial charge in [0.2, 0.25) is 0 Å². The fourth-order valence-corrected chi connectivity index (χ4v) is 4.75. The zero-order valence-corrected chi connectivity index (χ0v) is 20.1. The highest BCUT2D eigenvalue weighted by molar-refractivity contribution is 6.31. The highest BCUT2D eigenvalue weighted by Crippen LogP contribution is 2.41. The Morgan fingerprint density at radius 3 is 1.06 bits per heavy atom. The van der Waals surface area contributed by atoms with Gasteiger partial charge >= 0.3 is 0 Å². The Balaban J connectivity index is 1.70. The second-order valence-electron chi connectivity index (χ2n) is 8.83. The average molecular weight is 435 g/mol. The lowest BCUT2D eigenvalue weighted by atomic mass is 9.66. The van der Waals surface area contributed by atoms with Crippen LogP contribution in [0.1, 0.15) is 76.3 Å². The molecule has 172 valence electrons. The highest BCUT2D eigenvalue weighted by atomic mass is 16.2. The molecule has 0 aliphatic heterocycles. The average Bonchev–Trinajstić information content (AvgIpc) is 2.80. The summed E-state index contributed by atoms with van der Waals surface area (Å²) in [7, 11) is 0. The van der Waals surface area contributed by atoms with Gasteiger partial charge in [-0.25, -0.2) is 0 Å². The summed E-state index contributed by atoms with van der Waals surface area (Å²) < 4.78 is 0. The van der Waals surface area contributed by atoms with Gasteiger partial charge in [-0.05, 0) is 61.1 Å². The van der Waals surface area contributed by atoms with Gasteiger partial charge in [-0.3, -0.25) is 9.59 Å². The van der Waals surface area contributed by atoms with Crippen LogP contribution >= 0.6 is 0 Å². The standard InChI is InChI=1S/C28H38N2O2/c1-5-17-29(18-6-2)23-13-9-21(10-14-23)25-27(31)26(28(25)32)22-11-15-24(16-12-22)30(19-7-3)20-8-4/h9-16,25-26H,5-8,17-20H2,1-4H3. The van der Waals surface area contributed by atoms with Crippen LogP contribution in [0.5, 0.6) is 0 Å². The minimum atomic E-state index is -0.615. The summed E-state index contributed by atoms with van der Waals surface area (Å²) >= 11 is 0. The van der Waals surface area contributed by atoms with E-state index in [-0.39, 0.29) is 11.6 Å². The molecule has 1 fully saturated rings. The molecule has 0 radical (unpaired) electrons. The number of hydrogen-bond donors (Lipinski definition) is 0. The van der Waals surface area contributed by atoms with E-state index in [1.54, 1.807) is 0 Å². The minimum absolute atomic E-state index is 0.0217. The van der Waals surface area contributed by atoms with E-state index in [9.17, 15) is 9.59 Å². The molecule has 0 unspecified atom stereocenters. The fourth-order valence-electron chi connectivity index (χ4n) is 4.75. The van der Waals surface area contributed by atoms with Crippen LogP contribution in [-0.4, -0.2) is 37.7 Å². The van der Waals surface area contributed by atoms with E-state index in [0.717, 1.165) is 74.4 Å². The Hall–Kier alpha value is -2.62. The van der Waals surface area contributed by atoms with Gasteiger partial charge in [0.1, 0.15) is 11.8 Å². The van der Waals surface area contributed by atoms with Crippen LogP contribution in [0, 0.1) is 0 Å². The Morgan fingerprint density at radius 2 is 0.812 bits per heavy atom. The van der Waals surface area contributed by atoms with Crippen LogP contribution in [0.2, 0.25) is 0 Å². The molecule has 0 atom stereocenters. The van der Waals surface area contributed by atoms with E-state index in [2.05, 4.69) is 61.8 Å². The lowest BCUT2D eigenvalue weighted by molar-refractivity contribution is -0.142. The number of benzene rings is 2. The molecule has 0 saturated heterocycles. The van der Waals surface area contributed by atoms with Gasteiger partial charge in [-0.2, -0.15) is 0 Å². The number of carbonyl (C=O) groups is 2. The maximum Gasteiger partial charge on any atom is 0.162 e. The molecule has 1 aliphatic rings. The molecule has 0 bridgehead atoms. The molecule has 3 rings (SSSR count). The zero-order valence-electron chi connectivity index (χ0n) is 20.1. The van der Waals surface area contributed by atoms with Gasteiger partial charge in [-0.15, -0.1) is 0 Å². The van der Waals surface area contributed by atoms with Gasteiger partial charge in [0.15, 0.2) is 11.6 Å². The summed E-state index contributed by atoms with van der Waals surface area (Å²) in [5.41, 5.74) is 3.96. The summed E-state index contributed by atoms with van der Waals surface area (Å²) in [5, 5.41) is 0. The predicted molar refractivity (Wildman–Crippen MR) is 134 cm³/mol. The molecule has 0 aromatic heterocycles. The molecular formula is C28H38N2O2. The highest BCUT2D eigenvalue weighted by Gasteiger charge is 2.50. The second kappa shape index (κ2) is 11.3. The van der Waals surface area contributed by atoms with E-state index >= 15 is 0 Å². The molecule has 0 amide bonds. The molecule has 32 heavy (non-hydrogen) atoms. The minimum Gasteiger partial charge on any atom is -0.372 e. The maximum absolute atomic E-state index is 13.0. The topological polar surface area (TPSA) is 40.6 Å². The summed E-state index contributed by atoms with van der Waals surface area (Å²) in [5.74, 6) is -1.19. The predicted octanol–water partition coefficient (Wildman–Crippen LogP) is 5.96. The summed E-state index contributed by atoms with van der Waals surface area (Å²) in [4.78, 5) is 30.7. The van der Waals surface area contributed by atoms with Crippen LogP contribution in [-0.2, 0) is 9.59 Å². The van der Waals surface area contributed by atoms with Crippen LogP contribution in [0.3, 0.4) is 0 Å². The number of nitrogens with zero attached hydrogens (tertiary/aromatic N) is 2. The van der Waals surface area contributed by atoms with E-state index in [4.69, 9.17) is 0 Å². The van der Waals surface area contributed by atoms with Gasteiger partial charge in [0, 0.05) is 37.6 Å². The largest absolute Gasteiger partial charge is 0.372 e. The Morgan fingerprint density at radius 1 is 0.531 bits per heavy atom. The first-order valence-electron chi connectivity index (χ1n) is 12.3. The van der Waals surface area contributed by atoms with Crippen LogP contribution in [0.4, 0.5) is 11.4 Å². The molecular weight excluding hydrogens is 396 g/mol. The zero-order chi connectivity index (χ0) is 23.1. The van der Waals surface area contributed by atoms with Crippen molar-refractivity contribution >= 4 is 22.9 Å². The molecule has 4 heteroatoms. The number of rotatable bonds is 12. The molecule has 0 N–H and O–H groups in total. The SMILES string of the molecule is CCCN(CCC)c1ccc(C2C(=O)C(c3ccc(N(CCC)CCC)cc3)C2=O)cc1.